The summed E-state index contributed by atoms with van der Waals surface area (Å²) in [6.07, 6.45) is 0. The van der Waals surface area contributed by atoms with Crippen LogP contribution in [-0.4, -0.2) is 59.0 Å². The van der Waals surface area contributed by atoms with Crippen LogP contribution in [0.1, 0.15) is 30.9 Å². The van der Waals surface area contributed by atoms with Gasteiger partial charge < -0.3 is 4.74 Å². The SMILES string of the molecule is COc1ccc(C2=NN(C(=N[C@H](CS(N)(=O)=O)C(C)C)NS(=O)(=O)c3ccc(Cl)cc3)C[C@H]2c2ccccc2)cc1. The molecule has 0 bridgehead atoms. The molecule has 4 rings (SSSR count). The highest BCUT2D eigenvalue weighted by Crippen LogP contribution is 2.30. The molecule has 0 saturated carbocycles. The molecule has 0 spiro atoms. The number of nitrogens with two attached hydrogens (primary N) is 1. The predicted octanol–water partition coefficient (Wildman–Crippen LogP) is 3.80. The zero-order valence-corrected chi connectivity index (χ0v) is 25.2. The Morgan fingerprint density at radius 2 is 1.68 bits per heavy atom. The van der Waals surface area contributed by atoms with E-state index in [1.165, 1.54) is 29.3 Å². The van der Waals surface area contributed by atoms with Gasteiger partial charge in [-0.3, -0.25) is 0 Å². The maximum Gasteiger partial charge on any atom is 0.264 e. The van der Waals surface area contributed by atoms with E-state index in [1.54, 1.807) is 21.0 Å². The van der Waals surface area contributed by atoms with Gasteiger partial charge in [0.1, 0.15) is 5.75 Å². The van der Waals surface area contributed by atoms with Gasteiger partial charge in [0.15, 0.2) is 0 Å². The van der Waals surface area contributed by atoms with Gasteiger partial charge in [0.05, 0.1) is 36.1 Å². The van der Waals surface area contributed by atoms with Crippen molar-refractivity contribution in [3.63, 3.8) is 0 Å². The highest BCUT2D eigenvalue weighted by Gasteiger charge is 2.34. The fourth-order valence-corrected chi connectivity index (χ4v) is 6.39. The van der Waals surface area contributed by atoms with Gasteiger partial charge in [0.2, 0.25) is 16.0 Å². The summed E-state index contributed by atoms with van der Waals surface area (Å²) >= 11 is 5.96. The molecule has 10 nitrogen and oxygen atoms in total. The summed E-state index contributed by atoms with van der Waals surface area (Å²) in [4.78, 5) is 4.55. The van der Waals surface area contributed by atoms with E-state index in [0.29, 0.717) is 16.5 Å². The third kappa shape index (κ3) is 7.85. The molecule has 41 heavy (non-hydrogen) atoms. The van der Waals surface area contributed by atoms with Crippen molar-refractivity contribution in [2.24, 2.45) is 21.2 Å². The standard InChI is InChI=1S/C28H32ClN5O5S2/c1-19(2)26(18-40(30,35)36)31-28(33-41(37,38)24-15-11-22(29)12-16-24)34-17-25(20-7-5-4-6-8-20)27(32-34)21-9-13-23(39-3)14-10-21/h4-16,19,25-26H,17-18H2,1-3H3,(H,31,33)(H2,30,35,36)/t25-,26+/m0/s1. The highest BCUT2D eigenvalue weighted by atomic mass is 35.5. The number of aliphatic imine (C=N–C) groups is 1. The maximum absolute atomic E-state index is 13.5. The molecule has 0 unspecified atom stereocenters. The van der Waals surface area contributed by atoms with Crippen molar-refractivity contribution in [2.45, 2.75) is 30.7 Å². The molecule has 2 atom stereocenters. The van der Waals surface area contributed by atoms with Crippen molar-refractivity contribution < 1.29 is 21.6 Å². The first-order valence-electron chi connectivity index (χ1n) is 12.8. The van der Waals surface area contributed by atoms with Crippen LogP contribution in [0.25, 0.3) is 0 Å². The van der Waals surface area contributed by atoms with Crippen molar-refractivity contribution in [1.29, 1.82) is 0 Å². The first kappa shape index (κ1) is 30.5. The maximum atomic E-state index is 13.5. The second-order valence-corrected chi connectivity index (χ2v) is 13.7. The summed E-state index contributed by atoms with van der Waals surface area (Å²) in [5.74, 6) is -0.429. The minimum Gasteiger partial charge on any atom is -0.497 e. The van der Waals surface area contributed by atoms with Crippen LogP contribution >= 0.6 is 11.6 Å². The number of nitrogens with zero attached hydrogens (tertiary/aromatic N) is 3. The smallest absolute Gasteiger partial charge is 0.264 e. The lowest BCUT2D eigenvalue weighted by atomic mass is 9.90. The van der Waals surface area contributed by atoms with E-state index < -0.39 is 31.8 Å². The van der Waals surface area contributed by atoms with Crippen molar-refractivity contribution in [3.8, 4) is 5.75 Å². The summed E-state index contributed by atoms with van der Waals surface area (Å²) in [6, 6.07) is 21.9. The van der Waals surface area contributed by atoms with Gasteiger partial charge in [-0.15, -0.1) is 0 Å². The number of methoxy groups -OCH3 is 1. The van der Waals surface area contributed by atoms with Crippen LogP contribution in [-0.2, 0) is 20.0 Å². The van der Waals surface area contributed by atoms with Crippen LogP contribution in [0.3, 0.4) is 0 Å². The summed E-state index contributed by atoms with van der Waals surface area (Å²) in [7, 11) is -6.48. The normalized spacial score (nSPS) is 16.9. The molecule has 1 heterocycles. The molecule has 0 fully saturated rings. The molecule has 218 valence electrons. The number of benzene rings is 3. The molecular weight excluding hydrogens is 586 g/mol. The lowest BCUT2D eigenvalue weighted by Crippen LogP contribution is -2.43. The average molecular weight is 618 g/mol. The monoisotopic (exact) mass is 617 g/mol. The number of hydrazone groups is 1. The van der Waals surface area contributed by atoms with Crippen LogP contribution in [0.5, 0.6) is 5.75 Å². The molecule has 0 aliphatic carbocycles. The number of sulfonamides is 2. The third-order valence-electron chi connectivity index (χ3n) is 6.56. The van der Waals surface area contributed by atoms with Gasteiger partial charge in [-0.05, 0) is 65.6 Å². The Kier molecular flexibility index (Phi) is 9.37. The largest absolute Gasteiger partial charge is 0.497 e. The molecule has 0 radical (unpaired) electrons. The van der Waals surface area contributed by atoms with Crippen molar-refractivity contribution in [3.05, 3.63) is 95.0 Å². The second-order valence-electron chi connectivity index (χ2n) is 9.91. The zero-order valence-electron chi connectivity index (χ0n) is 22.8. The lowest BCUT2D eigenvalue weighted by Gasteiger charge is -2.23. The molecule has 13 heteroatoms. The fraction of sp³-hybridized carbons (Fsp3) is 0.286. The Hall–Kier alpha value is -3.45. The molecule has 3 aromatic rings. The highest BCUT2D eigenvalue weighted by molar-refractivity contribution is 7.90. The molecule has 1 aliphatic heterocycles. The number of hydrogen-bond donors (Lipinski definition) is 2. The summed E-state index contributed by atoms with van der Waals surface area (Å²) in [5, 5.41) is 12.0. The average Bonchev–Trinajstić information content (AvgIpc) is 3.38. The Morgan fingerprint density at radius 3 is 2.24 bits per heavy atom. The van der Waals surface area contributed by atoms with Gasteiger partial charge in [0.25, 0.3) is 10.0 Å². The molecular formula is C28H32ClN5O5S2. The van der Waals surface area contributed by atoms with E-state index in [4.69, 9.17) is 26.6 Å². The van der Waals surface area contributed by atoms with E-state index in [0.717, 1.165) is 11.1 Å². The summed E-state index contributed by atoms with van der Waals surface area (Å²) in [6.45, 7) is 3.81. The molecule has 1 aliphatic rings. The number of halogens is 1. The van der Waals surface area contributed by atoms with Crippen LogP contribution < -0.4 is 14.6 Å². The van der Waals surface area contributed by atoms with Gasteiger partial charge in [-0.25, -0.2) is 36.7 Å². The van der Waals surface area contributed by atoms with Crippen LogP contribution in [0.4, 0.5) is 0 Å². The van der Waals surface area contributed by atoms with Crippen molar-refractivity contribution in [1.82, 2.24) is 9.73 Å². The fourth-order valence-electron chi connectivity index (χ4n) is 4.32. The summed E-state index contributed by atoms with van der Waals surface area (Å²) in [5.41, 5.74) is 2.46. The third-order valence-corrected chi connectivity index (χ3v) is 8.96. The Morgan fingerprint density at radius 1 is 1.05 bits per heavy atom. The quantitative estimate of drug-likeness (QED) is 0.276. The minimum absolute atomic E-state index is 0.0414. The number of ether oxygens (including phenoxy) is 1. The zero-order chi connectivity index (χ0) is 29.8. The number of primary sulfonamides is 1. The predicted molar refractivity (Wildman–Crippen MR) is 161 cm³/mol. The van der Waals surface area contributed by atoms with Gasteiger partial charge in [0, 0.05) is 10.9 Å². The first-order chi connectivity index (χ1) is 19.4. The number of guanidine groups is 1. The number of nitrogens with one attached hydrogen (secondary N) is 1. The van der Waals surface area contributed by atoms with Crippen molar-refractivity contribution in [2.75, 3.05) is 19.4 Å². The Labute approximate surface area is 246 Å². The molecule has 3 aromatic carbocycles. The Balaban J connectivity index is 1.82. The van der Waals surface area contributed by atoms with Crippen LogP contribution in [0.15, 0.2) is 93.9 Å². The summed E-state index contributed by atoms with van der Waals surface area (Å²) < 4.78 is 58.8. The van der Waals surface area contributed by atoms with E-state index in [2.05, 4.69) is 9.71 Å². The van der Waals surface area contributed by atoms with E-state index in [1.807, 2.05) is 54.6 Å². The van der Waals surface area contributed by atoms with Gasteiger partial charge in [-0.1, -0.05) is 55.8 Å². The molecule has 0 saturated heterocycles. The molecule has 0 amide bonds. The second kappa shape index (κ2) is 12.6. The van der Waals surface area contributed by atoms with Crippen LogP contribution in [0.2, 0.25) is 5.02 Å². The van der Waals surface area contributed by atoms with E-state index >= 15 is 0 Å². The number of rotatable bonds is 9. The van der Waals surface area contributed by atoms with Gasteiger partial charge >= 0.3 is 0 Å². The first-order valence-corrected chi connectivity index (χ1v) is 16.4. The topological polar surface area (TPSA) is 144 Å². The van der Waals surface area contributed by atoms with E-state index in [9.17, 15) is 16.8 Å². The van der Waals surface area contributed by atoms with Crippen LogP contribution in [0, 0.1) is 5.92 Å². The lowest BCUT2D eigenvalue weighted by molar-refractivity contribution is 0.415. The number of hydrogen-bond acceptors (Lipinski definition) is 7. The van der Waals surface area contributed by atoms with Gasteiger partial charge in [-0.2, -0.15) is 5.10 Å². The van der Waals surface area contributed by atoms with Crippen molar-refractivity contribution >= 4 is 43.3 Å². The molecule has 0 aromatic heterocycles. The molecule has 3 N–H and O–H groups in total. The van der Waals surface area contributed by atoms with E-state index in [-0.39, 0.29) is 29.2 Å². The Bertz CT molecular complexity index is 1630. The minimum atomic E-state index is -4.15.